The van der Waals surface area contributed by atoms with E-state index in [2.05, 4.69) is 21.4 Å². The van der Waals surface area contributed by atoms with Gasteiger partial charge in [-0.25, -0.2) is 9.97 Å². The van der Waals surface area contributed by atoms with Gasteiger partial charge in [-0.1, -0.05) is 12.1 Å². The maximum Gasteiger partial charge on any atom is 0.267 e. The second kappa shape index (κ2) is 6.14. The van der Waals surface area contributed by atoms with Crippen molar-refractivity contribution in [3.63, 3.8) is 0 Å². The molecule has 1 N–H and O–H groups in total. The molecule has 0 saturated carbocycles. The van der Waals surface area contributed by atoms with E-state index in [0.717, 1.165) is 26.4 Å². The average molecular weight is 351 g/mol. The molecule has 0 unspecified atom stereocenters. The maximum atomic E-state index is 12.2. The molecule has 0 fully saturated rings. The van der Waals surface area contributed by atoms with Crippen LogP contribution in [0.5, 0.6) is 0 Å². The fraction of sp³-hybridized carbons (Fsp3) is 0.0556. The predicted molar refractivity (Wildman–Crippen MR) is 99.9 cm³/mol. The lowest BCUT2D eigenvalue weighted by atomic mass is 10.2. The van der Waals surface area contributed by atoms with Crippen molar-refractivity contribution in [1.82, 2.24) is 9.97 Å². The number of benzene rings is 1. The fourth-order valence-electron chi connectivity index (χ4n) is 2.37. The van der Waals surface area contributed by atoms with Gasteiger partial charge >= 0.3 is 0 Å². The first-order chi connectivity index (χ1) is 11.7. The van der Waals surface area contributed by atoms with Crippen molar-refractivity contribution < 1.29 is 4.79 Å². The van der Waals surface area contributed by atoms with Crippen molar-refractivity contribution >= 4 is 44.6 Å². The van der Waals surface area contributed by atoms with E-state index in [9.17, 15) is 4.79 Å². The van der Waals surface area contributed by atoms with E-state index < -0.39 is 0 Å². The number of nitrogens with zero attached hydrogens (tertiary/aromatic N) is 2. The van der Waals surface area contributed by atoms with E-state index >= 15 is 0 Å². The summed E-state index contributed by atoms with van der Waals surface area (Å²) >= 11 is 3.06. The molecule has 3 heterocycles. The molecule has 1 aromatic carbocycles. The molecular formula is C18H13N3OS2. The van der Waals surface area contributed by atoms with E-state index in [-0.39, 0.29) is 5.91 Å². The Hall–Kier alpha value is -2.57. The number of aromatic nitrogens is 2. The van der Waals surface area contributed by atoms with Crippen LogP contribution in [-0.4, -0.2) is 15.9 Å². The van der Waals surface area contributed by atoms with E-state index in [1.54, 1.807) is 17.5 Å². The maximum absolute atomic E-state index is 12.2. The molecule has 0 aliphatic carbocycles. The van der Waals surface area contributed by atoms with Crippen LogP contribution < -0.4 is 5.32 Å². The molecule has 3 aromatic heterocycles. The van der Waals surface area contributed by atoms with Crippen LogP contribution in [0, 0.1) is 6.92 Å². The summed E-state index contributed by atoms with van der Waals surface area (Å²) in [4.78, 5) is 21.9. The van der Waals surface area contributed by atoms with Crippen LogP contribution in [0.1, 0.15) is 15.2 Å². The Morgan fingerprint density at radius 2 is 2.00 bits per heavy atom. The number of fused-ring (bicyclic) bond motifs is 1. The van der Waals surface area contributed by atoms with Crippen molar-refractivity contribution in [2.75, 3.05) is 5.32 Å². The van der Waals surface area contributed by atoms with Gasteiger partial charge in [-0.05, 0) is 48.2 Å². The lowest BCUT2D eigenvalue weighted by Gasteiger charge is -2.04. The largest absolute Gasteiger partial charge is 0.306 e. The number of anilines is 1. The Bertz CT molecular complexity index is 985. The molecule has 4 nitrogen and oxygen atoms in total. The third-order valence-electron chi connectivity index (χ3n) is 3.61. The van der Waals surface area contributed by atoms with Crippen molar-refractivity contribution in [2.24, 2.45) is 0 Å². The second-order valence-corrected chi connectivity index (χ2v) is 7.25. The SMILES string of the molecule is Cc1ccsc1C(=O)Nc1ccc(-c2nc3ccccc3s2)cn1. The first-order valence-corrected chi connectivity index (χ1v) is 9.08. The number of thiophene rings is 1. The minimum Gasteiger partial charge on any atom is -0.306 e. The lowest BCUT2D eigenvalue weighted by Crippen LogP contribution is -2.12. The Labute approximate surface area is 146 Å². The number of hydrogen-bond donors (Lipinski definition) is 1. The van der Waals surface area contributed by atoms with Gasteiger partial charge in [0.05, 0.1) is 15.1 Å². The van der Waals surface area contributed by atoms with Gasteiger partial charge in [0.25, 0.3) is 5.91 Å². The molecule has 24 heavy (non-hydrogen) atoms. The minimum atomic E-state index is -0.122. The van der Waals surface area contributed by atoms with Crippen molar-refractivity contribution in [1.29, 1.82) is 0 Å². The molecule has 0 aliphatic heterocycles. The van der Waals surface area contributed by atoms with Crippen LogP contribution in [0.15, 0.2) is 54.0 Å². The predicted octanol–water partition coefficient (Wildman–Crippen LogP) is 4.98. The number of amides is 1. The second-order valence-electron chi connectivity index (χ2n) is 5.31. The molecule has 0 bridgehead atoms. The number of pyridine rings is 1. The molecule has 0 radical (unpaired) electrons. The Morgan fingerprint density at radius 3 is 2.71 bits per heavy atom. The smallest absolute Gasteiger partial charge is 0.267 e. The zero-order valence-corrected chi connectivity index (χ0v) is 14.4. The highest BCUT2D eigenvalue weighted by Gasteiger charge is 2.12. The van der Waals surface area contributed by atoms with Gasteiger partial charge in [0.2, 0.25) is 0 Å². The molecule has 0 saturated heterocycles. The zero-order chi connectivity index (χ0) is 16.5. The van der Waals surface area contributed by atoms with Crippen molar-refractivity contribution in [3.05, 3.63) is 64.5 Å². The van der Waals surface area contributed by atoms with Crippen LogP contribution >= 0.6 is 22.7 Å². The molecule has 0 aliphatic rings. The summed E-state index contributed by atoms with van der Waals surface area (Å²) < 4.78 is 1.15. The van der Waals surface area contributed by atoms with Crippen molar-refractivity contribution in [2.45, 2.75) is 6.92 Å². The summed E-state index contributed by atoms with van der Waals surface area (Å²) in [6.45, 7) is 1.93. The number of rotatable bonds is 3. The van der Waals surface area contributed by atoms with Gasteiger partial charge in [-0.15, -0.1) is 22.7 Å². The molecule has 0 atom stereocenters. The third-order valence-corrected chi connectivity index (χ3v) is 5.71. The minimum absolute atomic E-state index is 0.122. The summed E-state index contributed by atoms with van der Waals surface area (Å²) in [7, 11) is 0. The van der Waals surface area contributed by atoms with E-state index in [0.29, 0.717) is 10.7 Å². The number of carbonyl (C=O) groups is 1. The van der Waals surface area contributed by atoms with Gasteiger partial charge < -0.3 is 5.32 Å². The summed E-state index contributed by atoms with van der Waals surface area (Å²) in [6, 6.07) is 13.7. The lowest BCUT2D eigenvalue weighted by molar-refractivity contribution is 0.102. The number of thiazole rings is 1. The normalized spacial score (nSPS) is 10.9. The molecule has 1 amide bonds. The average Bonchev–Trinajstić information content (AvgIpc) is 3.21. The molecule has 6 heteroatoms. The number of hydrogen-bond acceptors (Lipinski definition) is 5. The highest BCUT2D eigenvalue weighted by molar-refractivity contribution is 7.21. The standard InChI is InChI=1S/C18H13N3OS2/c1-11-8-9-23-16(11)17(22)21-15-7-6-12(10-19-15)18-20-13-4-2-3-5-14(13)24-18/h2-10H,1H3,(H,19,21,22). The molecule has 118 valence electrons. The molecule has 4 rings (SSSR count). The van der Waals surface area contributed by atoms with E-state index in [1.165, 1.54) is 11.3 Å². The number of nitrogens with one attached hydrogen (secondary N) is 1. The first-order valence-electron chi connectivity index (χ1n) is 7.38. The zero-order valence-electron chi connectivity index (χ0n) is 12.8. The summed E-state index contributed by atoms with van der Waals surface area (Å²) in [6.07, 6.45) is 1.74. The van der Waals surface area contributed by atoms with Gasteiger partial charge in [-0.3, -0.25) is 4.79 Å². The number of aryl methyl sites for hydroxylation is 1. The highest BCUT2D eigenvalue weighted by atomic mass is 32.1. The monoisotopic (exact) mass is 351 g/mol. The molecular weight excluding hydrogens is 338 g/mol. The molecule has 4 aromatic rings. The summed E-state index contributed by atoms with van der Waals surface area (Å²) in [5.41, 5.74) is 2.91. The van der Waals surface area contributed by atoms with Crippen LogP contribution in [0.2, 0.25) is 0 Å². The first kappa shape index (κ1) is 15.0. The van der Waals surface area contributed by atoms with E-state index in [4.69, 9.17) is 0 Å². The Balaban J connectivity index is 1.56. The van der Waals surface area contributed by atoms with Gasteiger partial charge in [0, 0.05) is 11.8 Å². The summed E-state index contributed by atoms with van der Waals surface area (Å²) in [5, 5.41) is 5.67. The fourth-order valence-corrected chi connectivity index (χ4v) is 4.14. The van der Waals surface area contributed by atoms with Gasteiger partial charge in [-0.2, -0.15) is 0 Å². The van der Waals surface area contributed by atoms with Crippen LogP contribution in [-0.2, 0) is 0 Å². The Kier molecular flexibility index (Phi) is 3.84. The van der Waals surface area contributed by atoms with E-state index in [1.807, 2.05) is 48.7 Å². The van der Waals surface area contributed by atoms with Gasteiger partial charge in [0.15, 0.2) is 0 Å². The van der Waals surface area contributed by atoms with Gasteiger partial charge in [0.1, 0.15) is 10.8 Å². The van der Waals surface area contributed by atoms with Crippen molar-refractivity contribution in [3.8, 4) is 10.6 Å². The number of para-hydroxylation sites is 1. The molecule has 0 spiro atoms. The third kappa shape index (κ3) is 2.81. The van der Waals surface area contributed by atoms with Crippen LogP contribution in [0.3, 0.4) is 0 Å². The topological polar surface area (TPSA) is 54.9 Å². The number of carbonyl (C=O) groups excluding carboxylic acids is 1. The van der Waals surface area contributed by atoms with Crippen LogP contribution in [0.25, 0.3) is 20.8 Å². The highest BCUT2D eigenvalue weighted by Crippen LogP contribution is 2.30. The Morgan fingerprint density at radius 1 is 1.12 bits per heavy atom. The summed E-state index contributed by atoms with van der Waals surface area (Å²) in [5.74, 6) is 0.417. The van der Waals surface area contributed by atoms with Crippen LogP contribution in [0.4, 0.5) is 5.82 Å². The quantitative estimate of drug-likeness (QED) is 0.566.